The molecule has 14 heteroatoms. The van der Waals surface area contributed by atoms with Gasteiger partial charge in [-0.2, -0.15) is 15.0 Å². The van der Waals surface area contributed by atoms with Crippen LogP contribution in [0.5, 0.6) is 17.9 Å². The maximum atomic E-state index is 11.7. The van der Waals surface area contributed by atoms with Gasteiger partial charge in [0.1, 0.15) is 5.60 Å². The maximum Gasteiger partial charge on any atom is 0.407 e. The Bertz CT molecular complexity index is 1250. The van der Waals surface area contributed by atoms with Crippen LogP contribution in [0.15, 0.2) is 18.3 Å². The number of ether oxygens (including phenoxy) is 4. The van der Waals surface area contributed by atoms with Crippen LogP contribution in [-0.2, 0) is 16.1 Å². The van der Waals surface area contributed by atoms with Gasteiger partial charge in [0, 0.05) is 32.9 Å². The number of alkyl carbamates (subject to hydrolysis) is 1. The molecule has 3 N–H and O–H groups in total. The van der Waals surface area contributed by atoms with Crippen LogP contribution < -0.4 is 25.3 Å². The monoisotopic (exact) mass is 530 g/mol. The molecule has 2 amide bonds. The molecule has 0 aromatic carbocycles. The van der Waals surface area contributed by atoms with Crippen LogP contribution in [0.4, 0.5) is 10.6 Å². The maximum absolute atomic E-state index is 11.7. The summed E-state index contributed by atoms with van der Waals surface area (Å²) in [5.74, 6) is 0.302. The highest BCUT2D eigenvalue weighted by atomic mass is 16.6. The van der Waals surface area contributed by atoms with Crippen molar-refractivity contribution in [3.8, 4) is 17.9 Å². The Morgan fingerprint density at radius 3 is 2.53 bits per heavy atom. The number of nitrogens with zero attached hydrogens (tertiary/aromatic N) is 6. The van der Waals surface area contributed by atoms with Crippen molar-refractivity contribution < 1.29 is 28.5 Å². The first-order valence-corrected chi connectivity index (χ1v) is 11.9. The minimum Gasteiger partial charge on any atom is -0.468 e. The quantitative estimate of drug-likeness (QED) is 0.345. The Morgan fingerprint density at radius 1 is 1.13 bits per heavy atom. The number of hydrogen-bond acceptors (Lipinski definition) is 11. The van der Waals surface area contributed by atoms with Crippen molar-refractivity contribution in [3.63, 3.8) is 0 Å². The summed E-state index contributed by atoms with van der Waals surface area (Å²) < 4.78 is 23.4. The molecule has 0 fully saturated rings. The predicted octanol–water partition coefficient (Wildman–Crippen LogP) is 1.62. The number of rotatable bonds is 11. The van der Waals surface area contributed by atoms with Gasteiger partial charge in [-0.15, -0.1) is 0 Å². The normalized spacial score (nSPS) is 11.2. The van der Waals surface area contributed by atoms with Crippen LogP contribution in [0.2, 0.25) is 0 Å². The van der Waals surface area contributed by atoms with E-state index < -0.39 is 11.7 Å². The minimum atomic E-state index is -0.566. The zero-order valence-corrected chi connectivity index (χ0v) is 22.5. The van der Waals surface area contributed by atoms with Crippen molar-refractivity contribution in [1.82, 2.24) is 34.7 Å². The molecule has 3 aromatic heterocycles. The molecule has 0 atom stereocenters. The van der Waals surface area contributed by atoms with Crippen molar-refractivity contribution in [2.45, 2.75) is 39.3 Å². The number of fused-ring (bicyclic) bond motifs is 1. The number of nitrogens with two attached hydrogens (primary N) is 1. The fourth-order valence-corrected chi connectivity index (χ4v) is 3.12. The van der Waals surface area contributed by atoms with Gasteiger partial charge >= 0.3 is 12.1 Å². The summed E-state index contributed by atoms with van der Waals surface area (Å²) in [7, 11) is 4.80. The van der Waals surface area contributed by atoms with Gasteiger partial charge in [-0.1, -0.05) is 6.07 Å². The van der Waals surface area contributed by atoms with E-state index in [4.69, 9.17) is 24.7 Å². The lowest BCUT2D eigenvalue weighted by molar-refractivity contribution is -0.130. The molecule has 3 rings (SSSR count). The molecule has 0 saturated heterocycles. The molecule has 38 heavy (non-hydrogen) atoms. The van der Waals surface area contributed by atoms with Crippen LogP contribution in [0.25, 0.3) is 11.2 Å². The van der Waals surface area contributed by atoms with Crippen molar-refractivity contribution in [2.75, 3.05) is 46.7 Å². The predicted molar refractivity (Wildman–Crippen MR) is 138 cm³/mol. The lowest BCUT2D eigenvalue weighted by atomic mass is 10.2. The van der Waals surface area contributed by atoms with Gasteiger partial charge in [0.2, 0.25) is 5.88 Å². The number of pyridine rings is 1. The third kappa shape index (κ3) is 7.82. The van der Waals surface area contributed by atoms with E-state index in [9.17, 15) is 9.59 Å². The third-order valence-corrected chi connectivity index (χ3v) is 4.95. The first-order valence-electron chi connectivity index (χ1n) is 11.9. The van der Waals surface area contributed by atoms with Gasteiger partial charge in [0.05, 0.1) is 20.3 Å². The topological polar surface area (TPSA) is 169 Å². The van der Waals surface area contributed by atoms with Gasteiger partial charge < -0.3 is 34.9 Å². The van der Waals surface area contributed by atoms with E-state index in [1.165, 1.54) is 12.0 Å². The van der Waals surface area contributed by atoms with Gasteiger partial charge in [0.15, 0.2) is 23.6 Å². The molecule has 14 nitrogen and oxygen atoms in total. The fraction of sp³-hybridized carbons (Fsp3) is 0.500. The molecule has 3 heterocycles. The van der Waals surface area contributed by atoms with E-state index in [0.717, 1.165) is 5.56 Å². The van der Waals surface area contributed by atoms with E-state index in [1.54, 1.807) is 51.7 Å². The first-order chi connectivity index (χ1) is 18.0. The SMILES string of the molecule is COc1nc2c(N)nc(OCCCNC(=O)OC(C)(C)C)nc2n1Cc1ccc(OCC(=O)N(C)C)nc1. The molecule has 0 aliphatic heterocycles. The van der Waals surface area contributed by atoms with Crippen LogP contribution in [0.3, 0.4) is 0 Å². The number of amides is 2. The standard InChI is InChI=1S/C24H34N8O6/c1-24(2,3)38-23(34)26-10-7-11-36-21-29-19(25)18-20(30-21)32(22(28-18)35-6)13-15-8-9-16(27-12-15)37-14-17(33)31(4)5/h8-9,12H,7,10-11,13-14H2,1-6H3,(H,26,34)(H2,25,29,30). The summed E-state index contributed by atoms with van der Waals surface area (Å²) in [5.41, 5.74) is 7.16. The summed E-state index contributed by atoms with van der Waals surface area (Å²) >= 11 is 0. The number of aromatic nitrogens is 5. The number of nitrogen functional groups attached to an aromatic ring is 1. The number of imidazole rings is 1. The van der Waals surface area contributed by atoms with Gasteiger partial charge in [-0.3, -0.25) is 9.36 Å². The van der Waals surface area contributed by atoms with Crippen LogP contribution in [0, 0.1) is 0 Å². The molecule has 206 valence electrons. The average Bonchev–Trinajstić information content (AvgIpc) is 3.20. The lowest BCUT2D eigenvalue weighted by Gasteiger charge is -2.19. The summed E-state index contributed by atoms with van der Waals surface area (Å²) in [4.78, 5) is 42.2. The van der Waals surface area contributed by atoms with Crippen LogP contribution in [-0.4, -0.2) is 88.0 Å². The second-order valence-corrected chi connectivity index (χ2v) is 9.46. The average molecular weight is 531 g/mol. The Labute approximate surface area is 220 Å². The van der Waals surface area contributed by atoms with Gasteiger partial charge in [-0.05, 0) is 32.8 Å². The van der Waals surface area contributed by atoms with E-state index >= 15 is 0 Å². The second-order valence-electron chi connectivity index (χ2n) is 9.46. The highest BCUT2D eigenvalue weighted by Gasteiger charge is 2.19. The molecule has 0 unspecified atom stereocenters. The third-order valence-electron chi connectivity index (χ3n) is 4.95. The number of likely N-dealkylation sites (N-methyl/N-ethyl adjacent to an activating group) is 1. The summed E-state index contributed by atoms with van der Waals surface area (Å²) in [5, 5.41) is 2.67. The molecule has 0 radical (unpaired) electrons. The molecular formula is C24H34N8O6. The number of anilines is 1. The highest BCUT2D eigenvalue weighted by Crippen LogP contribution is 2.26. The molecule has 0 aliphatic rings. The molecular weight excluding hydrogens is 496 g/mol. The number of carbonyl (C=O) groups is 2. The van der Waals surface area contributed by atoms with Crippen molar-refractivity contribution in [1.29, 1.82) is 0 Å². The van der Waals surface area contributed by atoms with Crippen LogP contribution in [0.1, 0.15) is 32.8 Å². The zero-order valence-electron chi connectivity index (χ0n) is 22.5. The van der Waals surface area contributed by atoms with E-state index in [-0.39, 0.29) is 37.0 Å². The molecule has 0 aliphatic carbocycles. The van der Waals surface area contributed by atoms with E-state index in [1.807, 2.05) is 6.07 Å². The number of methoxy groups -OCH3 is 1. The first kappa shape index (κ1) is 28.2. The fourth-order valence-electron chi connectivity index (χ4n) is 3.12. The minimum absolute atomic E-state index is 0.0727. The van der Waals surface area contributed by atoms with E-state index in [0.29, 0.717) is 36.6 Å². The molecule has 0 bridgehead atoms. The van der Waals surface area contributed by atoms with E-state index in [2.05, 4.69) is 25.3 Å². The smallest absolute Gasteiger partial charge is 0.407 e. The zero-order chi connectivity index (χ0) is 27.9. The highest BCUT2D eigenvalue weighted by molar-refractivity contribution is 5.83. The number of hydrogen-bond donors (Lipinski definition) is 2. The summed E-state index contributed by atoms with van der Waals surface area (Å²) in [6, 6.07) is 3.85. The number of nitrogens with one attached hydrogen (secondary N) is 1. The van der Waals surface area contributed by atoms with Crippen molar-refractivity contribution in [2.24, 2.45) is 0 Å². The Balaban J connectivity index is 1.66. The van der Waals surface area contributed by atoms with Gasteiger partial charge in [0.25, 0.3) is 11.9 Å². The lowest BCUT2D eigenvalue weighted by Crippen LogP contribution is -2.33. The second kappa shape index (κ2) is 12.3. The number of carbonyl (C=O) groups excluding carboxylic acids is 2. The Hall–Kier alpha value is -4.36. The Kier molecular flexibility index (Phi) is 9.10. The van der Waals surface area contributed by atoms with Gasteiger partial charge in [-0.25, -0.2) is 9.78 Å². The molecule has 0 saturated carbocycles. The van der Waals surface area contributed by atoms with Crippen molar-refractivity contribution >= 4 is 29.0 Å². The van der Waals surface area contributed by atoms with Crippen LogP contribution >= 0.6 is 0 Å². The largest absolute Gasteiger partial charge is 0.468 e. The summed E-state index contributed by atoms with van der Waals surface area (Å²) in [6.45, 7) is 6.20. The van der Waals surface area contributed by atoms with Crippen molar-refractivity contribution in [3.05, 3.63) is 23.9 Å². The summed E-state index contributed by atoms with van der Waals surface area (Å²) in [6.07, 6.45) is 1.63. The Morgan fingerprint density at radius 2 is 1.89 bits per heavy atom. The molecule has 3 aromatic rings. The molecule has 0 spiro atoms.